The van der Waals surface area contributed by atoms with Gasteiger partial charge in [-0.3, -0.25) is 14.4 Å². The summed E-state index contributed by atoms with van der Waals surface area (Å²) in [4.78, 5) is 32.0. The first-order chi connectivity index (χ1) is 5.49. The van der Waals surface area contributed by atoms with Crippen molar-refractivity contribution in [1.82, 2.24) is 0 Å². The maximum Gasteiger partial charge on any atom is 0.313 e. The standard InChI is InChI=1S/C8H12O4/c1-3-6(9)4-7(10)5(2)8(11)12/h5H,3-4H2,1-2H3,(H,11,12). The van der Waals surface area contributed by atoms with Crippen molar-refractivity contribution < 1.29 is 19.5 Å². The van der Waals surface area contributed by atoms with Crippen LogP contribution in [0.4, 0.5) is 0 Å². The SMILES string of the molecule is CCC(=O)CC(=O)C(C)C(=O)O. The fourth-order valence-corrected chi connectivity index (χ4v) is 0.610. The van der Waals surface area contributed by atoms with E-state index in [4.69, 9.17) is 5.11 Å². The smallest absolute Gasteiger partial charge is 0.313 e. The van der Waals surface area contributed by atoms with Gasteiger partial charge < -0.3 is 5.11 Å². The number of aliphatic carboxylic acids is 1. The van der Waals surface area contributed by atoms with Crippen molar-refractivity contribution in [2.24, 2.45) is 5.92 Å². The first kappa shape index (κ1) is 10.8. The molecule has 0 aromatic carbocycles. The zero-order valence-corrected chi connectivity index (χ0v) is 7.16. The first-order valence-electron chi connectivity index (χ1n) is 3.76. The highest BCUT2D eigenvalue weighted by Crippen LogP contribution is 2.02. The number of rotatable bonds is 5. The number of ketones is 2. The lowest BCUT2D eigenvalue weighted by molar-refractivity contribution is -0.145. The summed E-state index contributed by atoms with van der Waals surface area (Å²) in [5, 5.41) is 8.41. The van der Waals surface area contributed by atoms with E-state index in [9.17, 15) is 14.4 Å². The molecule has 68 valence electrons. The molecule has 0 spiro atoms. The molecule has 0 aliphatic rings. The normalized spacial score (nSPS) is 12.2. The highest BCUT2D eigenvalue weighted by atomic mass is 16.4. The van der Waals surface area contributed by atoms with Gasteiger partial charge in [0.1, 0.15) is 11.7 Å². The van der Waals surface area contributed by atoms with Gasteiger partial charge in [-0.1, -0.05) is 6.92 Å². The topological polar surface area (TPSA) is 71.4 Å². The van der Waals surface area contributed by atoms with Crippen molar-refractivity contribution in [2.45, 2.75) is 26.7 Å². The van der Waals surface area contributed by atoms with Crippen molar-refractivity contribution >= 4 is 17.5 Å². The molecule has 4 nitrogen and oxygen atoms in total. The van der Waals surface area contributed by atoms with Crippen molar-refractivity contribution in [2.75, 3.05) is 0 Å². The van der Waals surface area contributed by atoms with Crippen LogP contribution < -0.4 is 0 Å². The molecule has 1 N–H and O–H groups in total. The van der Waals surface area contributed by atoms with E-state index in [1.54, 1.807) is 6.92 Å². The minimum absolute atomic E-state index is 0.215. The molecule has 0 aliphatic carbocycles. The number of hydrogen-bond donors (Lipinski definition) is 1. The lowest BCUT2D eigenvalue weighted by Crippen LogP contribution is -2.22. The lowest BCUT2D eigenvalue weighted by atomic mass is 10.0. The van der Waals surface area contributed by atoms with E-state index < -0.39 is 17.7 Å². The van der Waals surface area contributed by atoms with Crippen LogP contribution in [0.3, 0.4) is 0 Å². The Labute approximate surface area is 70.6 Å². The summed E-state index contributed by atoms with van der Waals surface area (Å²) in [6.45, 7) is 2.93. The van der Waals surface area contributed by atoms with Crippen LogP contribution >= 0.6 is 0 Å². The van der Waals surface area contributed by atoms with E-state index in [0.717, 1.165) is 0 Å². The molecule has 0 heterocycles. The molecule has 0 aliphatic heterocycles. The Bertz CT molecular complexity index is 207. The summed E-state index contributed by atoms with van der Waals surface area (Å²) in [5.41, 5.74) is 0. The van der Waals surface area contributed by atoms with E-state index in [2.05, 4.69) is 0 Å². The Morgan fingerprint density at radius 3 is 2.17 bits per heavy atom. The van der Waals surface area contributed by atoms with Crippen LogP contribution in [0.5, 0.6) is 0 Å². The van der Waals surface area contributed by atoms with E-state index >= 15 is 0 Å². The largest absolute Gasteiger partial charge is 0.481 e. The number of Topliss-reactive ketones (excluding diaryl/α,β-unsaturated/α-hetero) is 2. The predicted molar refractivity (Wildman–Crippen MR) is 41.7 cm³/mol. The van der Waals surface area contributed by atoms with Crippen LogP contribution in [0.1, 0.15) is 26.7 Å². The average Bonchev–Trinajstić information content (AvgIpc) is 2.02. The average molecular weight is 172 g/mol. The fraction of sp³-hybridized carbons (Fsp3) is 0.625. The number of carboxylic acid groups (broad SMARTS) is 1. The lowest BCUT2D eigenvalue weighted by Gasteiger charge is -2.02. The molecular weight excluding hydrogens is 160 g/mol. The van der Waals surface area contributed by atoms with E-state index in [1.165, 1.54) is 6.92 Å². The Hall–Kier alpha value is -1.19. The molecule has 0 rings (SSSR count). The van der Waals surface area contributed by atoms with Crippen LogP contribution in [-0.4, -0.2) is 22.6 Å². The summed E-state index contributed by atoms with van der Waals surface area (Å²) in [5.74, 6) is -2.98. The van der Waals surface area contributed by atoms with Gasteiger partial charge in [-0.25, -0.2) is 0 Å². The maximum atomic E-state index is 11.0. The molecule has 12 heavy (non-hydrogen) atoms. The van der Waals surface area contributed by atoms with Gasteiger partial charge in [0.15, 0.2) is 5.78 Å². The molecule has 0 amide bonds. The second-order valence-corrected chi connectivity index (χ2v) is 2.60. The van der Waals surface area contributed by atoms with Gasteiger partial charge in [-0.15, -0.1) is 0 Å². The predicted octanol–water partition coefficient (Wildman–Crippen LogP) is 0.645. The van der Waals surface area contributed by atoms with Gasteiger partial charge in [0.2, 0.25) is 0 Å². The van der Waals surface area contributed by atoms with Crippen molar-refractivity contribution in [3.05, 3.63) is 0 Å². The van der Waals surface area contributed by atoms with Crippen LogP contribution in [0.25, 0.3) is 0 Å². The first-order valence-corrected chi connectivity index (χ1v) is 3.76. The summed E-state index contributed by atoms with van der Waals surface area (Å²) in [6.07, 6.45) is 0.0159. The van der Waals surface area contributed by atoms with Crippen LogP contribution in [0, 0.1) is 5.92 Å². The Kier molecular flexibility index (Phi) is 4.18. The molecular formula is C8H12O4. The molecule has 0 aromatic rings. The summed E-state index contributed by atoms with van der Waals surface area (Å²) < 4.78 is 0. The third-order valence-electron chi connectivity index (χ3n) is 1.62. The minimum Gasteiger partial charge on any atom is -0.481 e. The van der Waals surface area contributed by atoms with Crippen molar-refractivity contribution in [3.8, 4) is 0 Å². The molecule has 1 unspecified atom stereocenters. The van der Waals surface area contributed by atoms with E-state index in [-0.39, 0.29) is 18.6 Å². The molecule has 0 bridgehead atoms. The molecule has 1 atom stereocenters. The second-order valence-electron chi connectivity index (χ2n) is 2.60. The highest BCUT2D eigenvalue weighted by molar-refractivity contribution is 6.06. The Morgan fingerprint density at radius 2 is 1.83 bits per heavy atom. The third-order valence-corrected chi connectivity index (χ3v) is 1.62. The summed E-state index contributed by atoms with van der Waals surface area (Å²) >= 11 is 0. The number of carbonyl (C=O) groups is 3. The highest BCUT2D eigenvalue weighted by Gasteiger charge is 2.21. The number of hydrogen-bond acceptors (Lipinski definition) is 3. The van der Waals surface area contributed by atoms with Crippen LogP contribution in [0.2, 0.25) is 0 Å². The zero-order valence-electron chi connectivity index (χ0n) is 7.16. The number of carboxylic acids is 1. The van der Waals surface area contributed by atoms with E-state index in [0.29, 0.717) is 0 Å². The van der Waals surface area contributed by atoms with Crippen molar-refractivity contribution in [1.29, 1.82) is 0 Å². The maximum absolute atomic E-state index is 11.0. The van der Waals surface area contributed by atoms with Gasteiger partial charge in [-0.2, -0.15) is 0 Å². The quantitative estimate of drug-likeness (QED) is 0.618. The van der Waals surface area contributed by atoms with Crippen LogP contribution in [0.15, 0.2) is 0 Å². The molecule has 0 saturated heterocycles. The monoisotopic (exact) mass is 172 g/mol. The van der Waals surface area contributed by atoms with Gasteiger partial charge >= 0.3 is 5.97 Å². The fourth-order valence-electron chi connectivity index (χ4n) is 0.610. The van der Waals surface area contributed by atoms with Gasteiger partial charge in [0.25, 0.3) is 0 Å². The van der Waals surface area contributed by atoms with Gasteiger partial charge in [0.05, 0.1) is 6.42 Å². The van der Waals surface area contributed by atoms with Crippen molar-refractivity contribution in [3.63, 3.8) is 0 Å². The zero-order chi connectivity index (χ0) is 9.72. The van der Waals surface area contributed by atoms with Crippen LogP contribution in [-0.2, 0) is 14.4 Å². The molecule has 4 heteroatoms. The summed E-state index contributed by atoms with van der Waals surface area (Å²) in [6, 6.07) is 0. The minimum atomic E-state index is -1.18. The Balaban J connectivity index is 4.04. The number of carbonyl (C=O) groups excluding carboxylic acids is 2. The molecule has 0 fully saturated rings. The van der Waals surface area contributed by atoms with Gasteiger partial charge in [-0.05, 0) is 6.92 Å². The molecule has 0 radical (unpaired) electrons. The Morgan fingerprint density at radius 1 is 1.33 bits per heavy atom. The third kappa shape index (κ3) is 3.27. The molecule has 0 saturated carbocycles. The second kappa shape index (κ2) is 4.64. The van der Waals surface area contributed by atoms with Gasteiger partial charge in [0, 0.05) is 6.42 Å². The van der Waals surface area contributed by atoms with E-state index in [1.807, 2.05) is 0 Å². The molecule has 0 aromatic heterocycles. The summed E-state index contributed by atoms with van der Waals surface area (Å²) in [7, 11) is 0.